The van der Waals surface area contributed by atoms with Gasteiger partial charge in [-0.2, -0.15) is 4.31 Å². The van der Waals surface area contributed by atoms with E-state index >= 15 is 0 Å². The predicted molar refractivity (Wildman–Crippen MR) is 77.5 cm³/mol. The number of nitrogens with one attached hydrogen (secondary N) is 1. The fourth-order valence-corrected chi connectivity index (χ4v) is 4.07. The molecule has 1 aliphatic heterocycles. The van der Waals surface area contributed by atoms with Crippen molar-refractivity contribution < 1.29 is 13.5 Å². The summed E-state index contributed by atoms with van der Waals surface area (Å²) in [6, 6.07) is 0.232. The summed E-state index contributed by atoms with van der Waals surface area (Å²) in [6.45, 7) is 7.63. The topological polar surface area (TPSA) is 69.6 Å². The molecule has 114 valence electrons. The van der Waals surface area contributed by atoms with Crippen LogP contribution in [-0.4, -0.2) is 55.9 Å². The zero-order chi connectivity index (χ0) is 14.5. The van der Waals surface area contributed by atoms with Crippen LogP contribution in [0.1, 0.15) is 40.0 Å². The molecule has 0 aromatic heterocycles. The van der Waals surface area contributed by atoms with Crippen molar-refractivity contribution in [2.75, 3.05) is 32.0 Å². The first-order valence-electron chi connectivity index (χ1n) is 7.07. The standard InChI is InChI=1S/C13H28N2O3S/c1-13(2,3)6-10-19(17,18)15(8-9-16)11-12-5-4-7-14-12/h12,14,16H,4-11H2,1-3H3. The van der Waals surface area contributed by atoms with Crippen LogP contribution in [-0.2, 0) is 10.0 Å². The molecule has 1 heterocycles. The maximum Gasteiger partial charge on any atom is 0.214 e. The van der Waals surface area contributed by atoms with Gasteiger partial charge in [-0.25, -0.2) is 8.42 Å². The summed E-state index contributed by atoms with van der Waals surface area (Å²) >= 11 is 0. The van der Waals surface area contributed by atoms with Crippen molar-refractivity contribution in [3.8, 4) is 0 Å². The number of nitrogens with zero attached hydrogens (tertiary/aromatic N) is 1. The first-order valence-corrected chi connectivity index (χ1v) is 8.67. The third-order valence-electron chi connectivity index (χ3n) is 3.44. The third kappa shape index (κ3) is 6.21. The fourth-order valence-electron chi connectivity index (χ4n) is 2.18. The van der Waals surface area contributed by atoms with Crippen LogP contribution in [0.5, 0.6) is 0 Å². The second-order valence-corrected chi connectivity index (χ2v) is 8.59. The van der Waals surface area contributed by atoms with Gasteiger partial charge in [0.15, 0.2) is 0 Å². The lowest BCUT2D eigenvalue weighted by atomic mass is 9.94. The Bertz CT molecular complexity index is 357. The van der Waals surface area contributed by atoms with E-state index in [1.807, 2.05) is 20.8 Å². The van der Waals surface area contributed by atoms with Crippen LogP contribution >= 0.6 is 0 Å². The third-order valence-corrected chi connectivity index (χ3v) is 5.28. The Kier molecular flexibility index (Phi) is 6.23. The molecule has 0 spiro atoms. The molecule has 1 saturated heterocycles. The highest BCUT2D eigenvalue weighted by atomic mass is 32.2. The van der Waals surface area contributed by atoms with Gasteiger partial charge in [0.1, 0.15) is 0 Å². The molecule has 1 fully saturated rings. The van der Waals surface area contributed by atoms with Crippen molar-refractivity contribution in [2.24, 2.45) is 5.41 Å². The van der Waals surface area contributed by atoms with Gasteiger partial charge in [0.05, 0.1) is 12.4 Å². The molecular weight excluding hydrogens is 264 g/mol. The average Bonchev–Trinajstić information content (AvgIpc) is 2.78. The lowest BCUT2D eigenvalue weighted by Gasteiger charge is -2.26. The van der Waals surface area contributed by atoms with Gasteiger partial charge in [0.2, 0.25) is 10.0 Å². The Morgan fingerprint density at radius 2 is 2.05 bits per heavy atom. The second-order valence-electron chi connectivity index (χ2n) is 6.50. The minimum absolute atomic E-state index is 0.00353. The molecule has 5 nitrogen and oxygen atoms in total. The molecule has 0 aliphatic carbocycles. The summed E-state index contributed by atoms with van der Waals surface area (Å²) in [6.07, 6.45) is 2.74. The molecule has 0 bridgehead atoms. The average molecular weight is 292 g/mol. The Labute approximate surface area is 117 Å². The van der Waals surface area contributed by atoms with Gasteiger partial charge in [0, 0.05) is 19.1 Å². The van der Waals surface area contributed by atoms with Gasteiger partial charge in [0.25, 0.3) is 0 Å². The van der Waals surface area contributed by atoms with Crippen molar-refractivity contribution in [1.82, 2.24) is 9.62 Å². The monoisotopic (exact) mass is 292 g/mol. The number of hydrogen-bond donors (Lipinski definition) is 2. The number of aliphatic hydroxyl groups excluding tert-OH is 1. The van der Waals surface area contributed by atoms with E-state index in [-0.39, 0.29) is 30.4 Å². The van der Waals surface area contributed by atoms with E-state index in [9.17, 15) is 8.42 Å². The largest absolute Gasteiger partial charge is 0.395 e. The molecule has 0 amide bonds. The van der Waals surface area contributed by atoms with Crippen LogP contribution in [0, 0.1) is 5.41 Å². The Hall–Kier alpha value is -0.170. The Morgan fingerprint density at radius 1 is 1.37 bits per heavy atom. The van der Waals surface area contributed by atoms with E-state index in [0.717, 1.165) is 19.4 Å². The van der Waals surface area contributed by atoms with Crippen molar-refractivity contribution in [1.29, 1.82) is 0 Å². The maximum absolute atomic E-state index is 12.3. The van der Waals surface area contributed by atoms with Crippen LogP contribution in [0.4, 0.5) is 0 Å². The lowest BCUT2D eigenvalue weighted by Crippen LogP contribution is -2.43. The summed E-state index contributed by atoms with van der Waals surface area (Å²) in [5.41, 5.74) is 0.00353. The second kappa shape index (κ2) is 7.02. The molecule has 0 radical (unpaired) electrons. The molecule has 1 aliphatic rings. The summed E-state index contributed by atoms with van der Waals surface area (Å²) < 4.78 is 26.1. The van der Waals surface area contributed by atoms with Gasteiger partial charge >= 0.3 is 0 Å². The molecule has 1 unspecified atom stereocenters. The predicted octanol–water partition coefficient (Wildman–Crippen LogP) is 0.799. The van der Waals surface area contributed by atoms with Crippen molar-refractivity contribution in [3.05, 3.63) is 0 Å². The minimum atomic E-state index is -3.27. The highest BCUT2D eigenvalue weighted by Gasteiger charge is 2.27. The molecule has 0 saturated carbocycles. The molecule has 0 aromatic rings. The first kappa shape index (κ1) is 16.9. The zero-order valence-electron chi connectivity index (χ0n) is 12.4. The van der Waals surface area contributed by atoms with E-state index in [1.54, 1.807) is 0 Å². The molecule has 19 heavy (non-hydrogen) atoms. The SMILES string of the molecule is CC(C)(C)CCS(=O)(=O)N(CCO)CC1CCCN1. The van der Waals surface area contributed by atoms with Crippen LogP contribution in [0.15, 0.2) is 0 Å². The summed E-state index contributed by atoms with van der Waals surface area (Å²) in [4.78, 5) is 0. The van der Waals surface area contributed by atoms with Gasteiger partial charge in [-0.1, -0.05) is 20.8 Å². The van der Waals surface area contributed by atoms with Crippen LogP contribution in [0.2, 0.25) is 0 Å². The van der Waals surface area contributed by atoms with E-state index in [2.05, 4.69) is 5.32 Å². The van der Waals surface area contributed by atoms with Crippen LogP contribution in [0.3, 0.4) is 0 Å². The Morgan fingerprint density at radius 3 is 2.53 bits per heavy atom. The summed E-state index contributed by atoms with van der Waals surface area (Å²) in [5, 5.41) is 12.4. The summed E-state index contributed by atoms with van der Waals surface area (Å²) in [5.74, 6) is 0.156. The molecule has 1 rings (SSSR count). The van der Waals surface area contributed by atoms with Crippen molar-refractivity contribution in [2.45, 2.75) is 46.1 Å². The number of sulfonamides is 1. The van der Waals surface area contributed by atoms with Gasteiger partial charge in [-0.3, -0.25) is 0 Å². The molecule has 6 heteroatoms. The van der Waals surface area contributed by atoms with Gasteiger partial charge in [-0.15, -0.1) is 0 Å². The van der Waals surface area contributed by atoms with E-state index in [0.29, 0.717) is 13.0 Å². The highest BCUT2D eigenvalue weighted by Crippen LogP contribution is 2.21. The Balaban J connectivity index is 2.61. The highest BCUT2D eigenvalue weighted by molar-refractivity contribution is 7.89. The first-order chi connectivity index (χ1) is 8.74. The molecule has 2 N–H and O–H groups in total. The van der Waals surface area contributed by atoms with Gasteiger partial charge < -0.3 is 10.4 Å². The van der Waals surface area contributed by atoms with Crippen molar-refractivity contribution >= 4 is 10.0 Å². The molecule has 0 aromatic carbocycles. The van der Waals surface area contributed by atoms with E-state index in [1.165, 1.54) is 4.31 Å². The minimum Gasteiger partial charge on any atom is -0.395 e. The molecular formula is C13H28N2O3S. The van der Waals surface area contributed by atoms with Crippen LogP contribution < -0.4 is 5.32 Å². The van der Waals surface area contributed by atoms with E-state index in [4.69, 9.17) is 5.11 Å². The maximum atomic E-state index is 12.3. The zero-order valence-corrected chi connectivity index (χ0v) is 13.2. The number of aliphatic hydroxyl groups is 1. The number of hydrogen-bond acceptors (Lipinski definition) is 4. The quantitative estimate of drug-likeness (QED) is 0.728. The lowest BCUT2D eigenvalue weighted by molar-refractivity contribution is 0.245. The smallest absolute Gasteiger partial charge is 0.214 e. The van der Waals surface area contributed by atoms with Gasteiger partial charge in [-0.05, 0) is 31.2 Å². The number of rotatable bonds is 7. The normalized spacial score (nSPS) is 21.2. The van der Waals surface area contributed by atoms with Crippen molar-refractivity contribution in [3.63, 3.8) is 0 Å². The fraction of sp³-hybridized carbons (Fsp3) is 1.00. The molecule has 1 atom stereocenters. The summed E-state index contributed by atoms with van der Waals surface area (Å²) in [7, 11) is -3.27. The van der Waals surface area contributed by atoms with E-state index < -0.39 is 10.0 Å². The van der Waals surface area contributed by atoms with Crippen LogP contribution in [0.25, 0.3) is 0 Å².